The zero-order valence-corrected chi connectivity index (χ0v) is 14.6. The van der Waals surface area contributed by atoms with Crippen LogP contribution in [-0.4, -0.2) is 27.8 Å². The first kappa shape index (κ1) is 17.6. The van der Waals surface area contributed by atoms with Gasteiger partial charge in [-0.05, 0) is 29.8 Å². The maximum Gasteiger partial charge on any atom is 0.295 e. The Morgan fingerprint density at radius 1 is 1.28 bits per heavy atom. The number of nitrogens with zero attached hydrogens (tertiary/aromatic N) is 2. The fraction of sp³-hybridized carbons (Fsp3) is 0.176. The highest BCUT2D eigenvalue weighted by atomic mass is 35.5. The van der Waals surface area contributed by atoms with Crippen LogP contribution in [0.4, 0.5) is 8.78 Å². The van der Waals surface area contributed by atoms with Crippen LogP contribution in [0.25, 0.3) is 11.0 Å². The Balaban J connectivity index is 1.84. The van der Waals surface area contributed by atoms with E-state index in [9.17, 15) is 13.6 Å². The Morgan fingerprint density at radius 3 is 2.76 bits per heavy atom. The quantitative estimate of drug-likeness (QED) is 0.682. The zero-order valence-electron chi connectivity index (χ0n) is 13.1. The molecule has 0 aliphatic heterocycles. The molecule has 1 heterocycles. The van der Waals surface area contributed by atoms with E-state index in [1.807, 2.05) is 0 Å². The Labute approximate surface area is 152 Å². The molecule has 0 saturated carbocycles. The number of carbonyl (C=O) groups is 1. The average Bonchev–Trinajstić information content (AvgIpc) is 3.01. The molecule has 3 aromatic rings. The second kappa shape index (κ2) is 6.98. The van der Waals surface area contributed by atoms with E-state index in [0.717, 1.165) is 0 Å². The van der Waals surface area contributed by atoms with Gasteiger partial charge in [-0.1, -0.05) is 35.3 Å². The topological polar surface area (TPSA) is 49.0 Å². The summed E-state index contributed by atoms with van der Waals surface area (Å²) in [5, 5.41) is 0.813. The number of hydrogen-bond donors (Lipinski definition) is 1. The molecule has 4 nitrogen and oxygen atoms in total. The van der Waals surface area contributed by atoms with E-state index in [4.69, 9.17) is 23.2 Å². The highest BCUT2D eigenvalue weighted by Crippen LogP contribution is 2.27. The van der Waals surface area contributed by atoms with Crippen molar-refractivity contribution >= 4 is 40.1 Å². The van der Waals surface area contributed by atoms with Crippen LogP contribution in [0.15, 0.2) is 36.4 Å². The van der Waals surface area contributed by atoms with E-state index < -0.39 is 12.2 Å². The number of alkyl halides is 2. The summed E-state index contributed by atoms with van der Waals surface area (Å²) < 4.78 is 25.4. The highest BCUT2D eigenvalue weighted by Gasteiger charge is 2.17. The third-order valence-corrected chi connectivity index (χ3v) is 4.60. The summed E-state index contributed by atoms with van der Waals surface area (Å²) in [6.07, 6.45) is -2.70. The number of H-pyrrole nitrogens is 1. The lowest BCUT2D eigenvalue weighted by atomic mass is 10.1. The van der Waals surface area contributed by atoms with E-state index in [0.29, 0.717) is 32.2 Å². The molecule has 1 amide bonds. The average molecular weight is 384 g/mol. The van der Waals surface area contributed by atoms with Crippen LogP contribution in [0.1, 0.15) is 28.2 Å². The summed E-state index contributed by atoms with van der Waals surface area (Å²) in [6, 6.07) is 9.80. The first-order valence-electron chi connectivity index (χ1n) is 7.33. The SMILES string of the molecule is CN(Cc1cccc(Cl)c1Cl)C(=O)c1ccc2nc(C(F)F)[nH]c2c1. The second-order valence-electron chi connectivity index (χ2n) is 5.53. The summed E-state index contributed by atoms with van der Waals surface area (Å²) in [5.74, 6) is -0.690. The molecule has 25 heavy (non-hydrogen) atoms. The van der Waals surface area contributed by atoms with E-state index in [1.54, 1.807) is 31.3 Å². The van der Waals surface area contributed by atoms with Crippen LogP contribution in [0, 0.1) is 0 Å². The van der Waals surface area contributed by atoms with Gasteiger partial charge in [-0.15, -0.1) is 0 Å². The van der Waals surface area contributed by atoms with Crippen molar-refractivity contribution in [3.63, 3.8) is 0 Å². The molecule has 0 spiro atoms. The molecule has 130 valence electrons. The van der Waals surface area contributed by atoms with Crippen LogP contribution in [0.5, 0.6) is 0 Å². The minimum atomic E-state index is -2.70. The first-order chi connectivity index (χ1) is 11.9. The van der Waals surface area contributed by atoms with Crippen molar-refractivity contribution in [3.8, 4) is 0 Å². The van der Waals surface area contributed by atoms with Crippen molar-refractivity contribution in [1.82, 2.24) is 14.9 Å². The number of hydrogen-bond acceptors (Lipinski definition) is 2. The molecule has 0 atom stereocenters. The Hall–Kier alpha value is -2.18. The molecular formula is C17H13Cl2F2N3O. The minimum absolute atomic E-state index is 0.265. The van der Waals surface area contributed by atoms with Crippen LogP contribution in [0.3, 0.4) is 0 Å². The van der Waals surface area contributed by atoms with Gasteiger partial charge in [0.25, 0.3) is 12.3 Å². The predicted molar refractivity (Wildman–Crippen MR) is 93.3 cm³/mol. The molecular weight excluding hydrogens is 371 g/mol. The van der Waals surface area contributed by atoms with Crippen LogP contribution in [-0.2, 0) is 6.54 Å². The largest absolute Gasteiger partial charge is 0.337 e. The van der Waals surface area contributed by atoms with Gasteiger partial charge in [0.05, 0.1) is 21.1 Å². The van der Waals surface area contributed by atoms with Gasteiger partial charge in [0.2, 0.25) is 0 Å². The number of aromatic nitrogens is 2. The first-order valence-corrected chi connectivity index (χ1v) is 8.08. The van der Waals surface area contributed by atoms with Gasteiger partial charge in [-0.2, -0.15) is 0 Å². The third-order valence-electron chi connectivity index (χ3n) is 3.74. The number of halogens is 4. The number of fused-ring (bicyclic) bond motifs is 1. The maximum absolute atomic E-state index is 12.7. The van der Waals surface area contributed by atoms with Gasteiger partial charge in [0.15, 0.2) is 5.82 Å². The molecule has 2 aromatic carbocycles. The monoisotopic (exact) mass is 383 g/mol. The molecule has 1 N–H and O–H groups in total. The van der Waals surface area contributed by atoms with Crippen molar-refractivity contribution in [1.29, 1.82) is 0 Å². The molecule has 1 aromatic heterocycles. The van der Waals surface area contributed by atoms with E-state index in [1.165, 1.54) is 17.0 Å². The Kier molecular flexibility index (Phi) is 4.92. The molecule has 0 unspecified atom stereocenters. The number of carbonyl (C=O) groups excluding carboxylic acids is 1. The third kappa shape index (κ3) is 3.60. The lowest BCUT2D eigenvalue weighted by Crippen LogP contribution is -2.26. The van der Waals surface area contributed by atoms with Crippen molar-refractivity contribution in [3.05, 3.63) is 63.4 Å². The molecule has 0 aliphatic carbocycles. The molecule has 0 fully saturated rings. The fourth-order valence-electron chi connectivity index (χ4n) is 2.48. The van der Waals surface area contributed by atoms with E-state index in [2.05, 4.69) is 9.97 Å². The molecule has 0 radical (unpaired) electrons. The lowest BCUT2D eigenvalue weighted by Gasteiger charge is -2.18. The molecule has 0 bridgehead atoms. The Bertz CT molecular complexity index is 943. The van der Waals surface area contributed by atoms with Gasteiger partial charge < -0.3 is 9.88 Å². The van der Waals surface area contributed by atoms with E-state index >= 15 is 0 Å². The summed E-state index contributed by atoms with van der Waals surface area (Å²) >= 11 is 12.1. The number of aromatic amines is 1. The summed E-state index contributed by atoms with van der Waals surface area (Å²) in [4.78, 5) is 20.4. The van der Waals surface area contributed by atoms with Crippen molar-refractivity contribution in [2.75, 3.05) is 7.05 Å². The maximum atomic E-state index is 12.7. The standard InChI is InChI=1S/C17H13Cl2F2N3O/c1-24(8-10-3-2-4-11(18)14(10)19)17(25)9-5-6-12-13(7-9)23-16(22-12)15(20)21/h2-7,15H,8H2,1H3,(H,22,23). The number of benzene rings is 2. The number of amides is 1. The Morgan fingerprint density at radius 2 is 2.04 bits per heavy atom. The van der Waals surface area contributed by atoms with Gasteiger partial charge in [-0.25, -0.2) is 13.8 Å². The van der Waals surface area contributed by atoms with Gasteiger partial charge in [0, 0.05) is 19.2 Å². The minimum Gasteiger partial charge on any atom is -0.337 e. The van der Waals surface area contributed by atoms with Crippen molar-refractivity contribution in [2.24, 2.45) is 0 Å². The predicted octanol–water partition coefficient (Wildman–Crippen LogP) is 5.08. The van der Waals surface area contributed by atoms with Crippen molar-refractivity contribution in [2.45, 2.75) is 13.0 Å². The van der Waals surface area contributed by atoms with Gasteiger partial charge in [-0.3, -0.25) is 4.79 Å². The van der Waals surface area contributed by atoms with Crippen LogP contribution >= 0.6 is 23.2 Å². The fourth-order valence-corrected chi connectivity index (χ4v) is 2.86. The van der Waals surface area contributed by atoms with Gasteiger partial charge in [0.1, 0.15) is 0 Å². The van der Waals surface area contributed by atoms with Crippen molar-refractivity contribution < 1.29 is 13.6 Å². The smallest absolute Gasteiger partial charge is 0.295 e. The second-order valence-corrected chi connectivity index (χ2v) is 6.31. The zero-order chi connectivity index (χ0) is 18.1. The van der Waals surface area contributed by atoms with Crippen LogP contribution in [0.2, 0.25) is 10.0 Å². The normalized spacial score (nSPS) is 11.3. The lowest BCUT2D eigenvalue weighted by molar-refractivity contribution is 0.0785. The molecule has 8 heteroatoms. The van der Waals surface area contributed by atoms with Crippen LogP contribution < -0.4 is 0 Å². The summed E-state index contributed by atoms with van der Waals surface area (Å²) in [6.45, 7) is 0.265. The van der Waals surface area contributed by atoms with E-state index in [-0.39, 0.29) is 12.5 Å². The van der Waals surface area contributed by atoms with Gasteiger partial charge >= 0.3 is 0 Å². The summed E-state index contributed by atoms with van der Waals surface area (Å²) in [5.41, 5.74) is 1.84. The number of imidazole rings is 1. The number of nitrogens with one attached hydrogen (secondary N) is 1. The highest BCUT2D eigenvalue weighted by molar-refractivity contribution is 6.42. The number of rotatable bonds is 4. The molecule has 0 aliphatic rings. The summed E-state index contributed by atoms with van der Waals surface area (Å²) in [7, 11) is 1.63. The molecule has 3 rings (SSSR count). The molecule has 0 saturated heterocycles.